The summed E-state index contributed by atoms with van der Waals surface area (Å²) in [6.45, 7) is 2.99. The number of hydrogen-bond acceptors (Lipinski definition) is 6. The Bertz CT molecular complexity index is 588. The summed E-state index contributed by atoms with van der Waals surface area (Å²) in [7, 11) is 0. The van der Waals surface area contributed by atoms with E-state index in [0.717, 1.165) is 0 Å². The number of nitrogens with one attached hydrogen (secondary N) is 1. The highest BCUT2D eigenvalue weighted by molar-refractivity contribution is 5.82. The Morgan fingerprint density at radius 2 is 1.57 bits per heavy atom. The largest absolute Gasteiger partial charge is 0.416 e. The zero-order valence-electron chi connectivity index (χ0n) is 10.8. The normalized spacial score (nSPS) is 10.9. The van der Waals surface area contributed by atoms with Crippen molar-refractivity contribution in [2.45, 2.75) is 20.0 Å². The Hall–Kier alpha value is -2.72. The van der Waals surface area contributed by atoms with Crippen LogP contribution in [-0.2, 0) is 6.18 Å². The highest BCUT2D eigenvalue weighted by Gasteiger charge is 2.37. The van der Waals surface area contributed by atoms with Crippen LogP contribution in [0.4, 0.5) is 30.2 Å². The van der Waals surface area contributed by atoms with Crippen molar-refractivity contribution in [2.75, 3.05) is 5.43 Å². The first-order chi connectivity index (χ1) is 9.54. The van der Waals surface area contributed by atoms with Crippen LogP contribution in [0.2, 0.25) is 0 Å². The van der Waals surface area contributed by atoms with E-state index in [1.807, 2.05) is 0 Å². The number of hydrogen-bond donors (Lipinski definition) is 1. The van der Waals surface area contributed by atoms with Crippen LogP contribution in [0.15, 0.2) is 17.2 Å². The summed E-state index contributed by atoms with van der Waals surface area (Å²) < 4.78 is 37.9. The predicted molar refractivity (Wildman–Crippen MR) is 67.2 cm³/mol. The third-order valence-corrected chi connectivity index (χ3v) is 2.21. The van der Waals surface area contributed by atoms with Crippen LogP contribution >= 0.6 is 0 Å². The van der Waals surface area contributed by atoms with Crippen molar-refractivity contribution in [3.63, 3.8) is 0 Å². The van der Waals surface area contributed by atoms with Gasteiger partial charge in [0.05, 0.1) is 15.4 Å². The van der Waals surface area contributed by atoms with Crippen molar-refractivity contribution in [3.05, 3.63) is 37.9 Å². The first-order valence-corrected chi connectivity index (χ1v) is 5.35. The van der Waals surface area contributed by atoms with Crippen LogP contribution in [0.3, 0.4) is 0 Å². The monoisotopic (exact) mass is 306 g/mol. The molecule has 0 amide bonds. The molecule has 8 nitrogen and oxygen atoms in total. The molecule has 1 aromatic carbocycles. The molecule has 1 aromatic rings. The van der Waals surface area contributed by atoms with E-state index in [2.05, 4.69) is 10.5 Å². The van der Waals surface area contributed by atoms with Gasteiger partial charge in [-0.15, -0.1) is 0 Å². The van der Waals surface area contributed by atoms with Gasteiger partial charge < -0.3 is 0 Å². The Labute approximate surface area is 115 Å². The Balaban J connectivity index is 3.63. The summed E-state index contributed by atoms with van der Waals surface area (Å²) in [5.74, 6) is 0. The number of benzene rings is 1. The van der Waals surface area contributed by atoms with Crippen LogP contribution < -0.4 is 5.43 Å². The van der Waals surface area contributed by atoms with Crippen LogP contribution in [0, 0.1) is 20.2 Å². The molecular formula is C10H9F3N4O4. The molecule has 0 spiro atoms. The van der Waals surface area contributed by atoms with Crippen LogP contribution in [0.25, 0.3) is 0 Å². The van der Waals surface area contributed by atoms with Gasteiger partial charge in [0, 0.05) is 17.8 Å². The van der Waals surface area contributed by atoms with Crippen LogP contribution in [-0.4, -0.2) is 15.6 Å². The fourth-order valence-corrected chi connectivity index (χ4v) is 1.35. The predicted octanol–water partition coefficient (Wildman–Crippen LogP) is 3.33. The van der Waals surface area contributed by atoms with Gasteiger partial charge in [-0.25, -0.2) is 0 Å². The molecule has 0 fully saturated rings. The van der Waals surface area contributed by atoms with E-state index < -0.39 is 38.6 Å². The van der Waals surface area contributed by atoms with E-state index in [0.29, 0.717) is 5.71 Å². The van der Waals surface area contributed by atoms with Gasteiger partial charge in [-0.2, -0.15) is 18.3 Å². The number of nitro benzene ring substituents is 2. The molecule has 0 atom stereocenters. The van der Waals surface area contributed by atoms with Gasteiger partial charge in [0.15, 0.2) is 0 Å². The highest BCUT2D eigenvalue weighted by atomic mass is 19.4. The molecule has 0 aliphatic heterocycles. The highest BCUT2D eigenvalue weighted by Crippen LogP contribution is 2.41. The fraction of sp³-hybridized carbons (Fsp3) is 0.300. The Kier molecular flexibility index (Phi) is 4.45. The molecule has 21 heavy (non-hydrogen) atoms. The quantitative estimate of drug-likeness (QED) is 0.521. The molecule has 0 aliphatic carbocycles. The molecule has 114 valence electrons. The number of halogens is 3. The summed E-state index contributed by atoms with van der Waals surface area (Å²) in [4.78, 5) is 19.4. The smallest absolute Gasteiger partial charge is 0.266 e. The van der Waals surface area contributed by atoms with E-state index in [1.165, 1.54) is 13.8 Å². The van der Waals surface area contributed by atoms with Crippen molar-refractivity contribution in [2.24, 2.45) is 5.10 Å². The van der Waals surface area contributed by atoms with Crippen molar-refractivity contribution in [3.8, 4) is 0 Å². The van der Waals surface area contributed by atoms with E-state index in [1.54, 1.807) is 0 Å². The standard InChI is InChI=1S/C10H9F3N4O4/c1-5(2)14-15-9-7(16(18)19)3-6(10(11,12)13)4-8(9)17(20)21/h3-4,15H,1-2H3. The topological polar surface area (TPSA) is 111 Å². The second-order valence-corrected chi connectivity index (χ2v) is 4.07. The number of anilines is 1. The van der Waals surface area contributed by atoms with E-state index in [9.17, 15) is 33.4 Å². The lowest BCUT2D eigenvalue weighted by molar-refractivity contribution is -0.392. The molecule has 0 saturated carbocycles. The summed E-state index contributed by atoms with van der Waals surface area (Å²) in [6, 6.07) is 0.436. The van der Waals surface area contributed by atoms with Gasteiger partial charge in [0.2, 0.25) is 5.69 Å². The van der Waals surface area contributed by atoms with Crippen LogP contribution in [0.1, 0.15) is 19.4 Å². The lowest BCUT2D eigenvalue weighted by Crippen LogP contribution is -2.09. The van der Waals surface area contributed by atoms with Gasteiger partial charge in [-0.1, -0.05) is 0 Å². The number of rotatable bonds is 4. The SMILES string of the molecule is CC(C)=NNc1c([N+](=O)[O-])cc(C(F)(F)F)cc1[N+](=O)[O-]. The summed E-state index contributed by atoms with van der Waals surface area (Å²) >= 11 is 0. The molecular weight excluding hydrogens is 297 g/mol. The summed E-state index contributed by atoms with van der Waals surface area (Å²) in [6.07, 6.45) is -4.95. The third-order valence-electron chi connectivity index (χ3n) is 2.21. The van der Waals surface area contributed by atoms with Gasteiger partial charge in [0.1, 0.15) is 0 Å². The zero-order chi connectivity index (χ0) is 16.4. The van der Waals surface area contributed by atoms with Gasteiger partial charge >= 0.3 is 17.6 Å². The average Bonchev–Trinajstić information content (AvgIpc) is 2.33. The molecule has 0 unspecified atom stereocenters. The van der Waals surface area contributed by atoms with Crippen molar-refractivity contribution in [1.29, 1.82) is 0 Å². The molecule has 0 saturated heterocycles. The molecule has 1 rings (SSSR count). The summed E-state index contributed by atoms with van der Waals surface area (Å²) in [5, 5.41) is 25.2. The molecule has 1 N–H and O–H groups in total. The van der Waals surface area contributed by atoms with Gasteiger partial charge in [0.25, 0.3) is 0 Å². The fourth-order valence-electron chi connectivity index (χ4n) is 1.35. The first kappa shape index (κ1) is 16.3. The average molecular weight is 306 g/mol. The zero-order valence-corrected chi connectivity index (χ0v) is 10.8. The molecule has 11 heteroatoms. The van der Waals surface area contributed by atoms with E-state index in [-0.39, 0.29) is 12.1 Å². The first-order valence-electron chi connectivity index (χ1n) is 5.35. The number of alkyl halides is 3. The molecule has 0 aromatic heterocycles. The lowest BCUT2D eigenvalue weighted by Gasteiger charge is -2.09. The minimum Gasteiger partial charge on any atom is -0.266 e. The number of nitro groups is 2. The minimum absolute atomic E-state index is 0.218. The second-order valence-electron chi connectivity index (χ2n) is 4.07. The molecule has 0 radical (unpaired) electrons. The van der Waals surface area contributed by atoms with Gasteiger partial charge in [-0.3, -0.25) is 25.7 Å². The Morgan fingerprint density at radius 3 is 1.86 bits per heavy atom. The maximum Gasteiger partial charge on any atom is 0.416 e. The van der Waals surface area contributed by atoms with Crippen LogP contribution in [0.5, 0.6) is 0 Å². The van der Waals surface area contributed by atoms with Gasteiger partial charge in [-0.05, 0) is 13.8 Å². The number of hydrazone groups is 1. The molecule has 0 heterocycles. The maximum absolute atomic E-state index is 12.6. The van der Waals surface area contributed by atoms with Crippen molar-refractivity contribution < 1.29 is 23.0 Å². The van der Waals surface area contributed by atoms with Crippen molar-refractivity contribution in [1.82, 2.24) is 0 Å². The van der Waals surface area contributed by atoms with E-state index in [4.69, 9.17) is 0 Å². The summed E-state index contributed by atoms with van der Waals surface area (Å²) in [5.41, 5.74) is -1.92. The Morgan fingerprint density at radius 1 is 1.14 bits per heavy atom. The number of nitrogens with zero attached hydrogens (tertiary/aromatic N) is 3. The van der Waals surface area contributed by atoms with Crippen molar-refractivity contribution >= 4 is 22.8 Å². The third kappa shape index (κ3) is 3.87. The maximum atomic E-state index is 12.6. The lowest BCUT2D eigenvalue weighted by atomic mass is 10.1. The second kappa shape index (κ2) is 5.73. The molecule has 0 aliphatic rings. The minimum atomic E-state index is -4.95. The van der Waals surface area contributed by atoms with E-state index >= 15 is 0 Å². The molecule has 0 bridgehead atoms.